The molecule has 2 unspecified atom stereocenters. The van der Waals surface area contributed by atoms with Crippen molar-refractivity contribution in [1.82, 2.24) is 10.2 Å². The summed E-state index contributed by atoms with van der Waals surface area (Å²) in [6, 6.07) is 0.115. The quantitative estimate of drug-likeness (QED) is 0.762. The highest BCUT2D eigenvalue weighted by atomic mass is 19.4. The molecule has 1 aliphatic rings. The second-order valence-corrected chi connectivity index (χ2v) is 4.56. The molecular formula is C10H18F3N3O. The van der Waals surface area contributed by atoms with Crippen molar-refractivity contribution in [2.24, 2.45) is 11.7 Å². The van der Waals surface area contributed by atoms with E-state index in [1.807, 2.05) is 17.1 Å². The number of likely N-dealkylation sites (tertiary alicyclic amines) is 1. The molecule has 1 fully saturated rings. The fourth-order valence-corrected chi connectivity index (χ4v) is 1.85. The Bertz CT molecular complexity index is 270. The molecule has 1 aliphatic heterocycles. The predicted molar refractivity (Wildman–Crippen MR) is 57.3 cm³/mol. The first-order valence-corrected chi connectivity index (χ1v) is 5.59. The lowest BCUT2D eigenvalue weighted by molar-refractivity contribution is -0.139. The van der Waals surface area contributed by atoms with Crippen molar-refractivity contribution < 1.29 is 18.0 Å². The summed E-state index contributed by atoms with van der Waals surface area (Å²) in [7, 11) is 0. The summed E-state index contributed by atoms with van der Waals surface area (Å²) in [5, 5.41) is 1.86. The van der Waals surface area contributed by atoms with E-state index in [1.165, 1.54) is 0 Å². The van der Waals surface area contributed by atoms with Gasteiger partial charge in [-0.1, -0.05) is 6.92 Å². The molecule has 1 rings (SSSR count). The number of alkyl halides is 3. The minimum Gasteiger partial charge on any atom is -0.346 e. The first-order valence-electron chi connectivity index (χ1n) is 5.59. The summed E-state index contributed by atoms with van der Waals surface area (Å²) >= 11 is 0. The number of carbonyl (C=O) groups excluding carboxylic acids is 1. The molecule has 0 bridgehead atoms. The van der Waals surface area contributed by atoms with Crippen molar-refractivity contribution in [3.05, 3.63) is 0 Å². The van der Waals surface area contributed by atoms with Crippen LogP contribution >= 0.6 is 0 Å². The highest BCUT2D eigenvalue weighted by Crippen LogP contribution is 2.15. The molecule has 4 nitrogen and oxygen atoms in total. The lowest BCUT2D eigenvalue weighted by atomic mass is 9.95. The van der Waals surface area contributed by atoms with Crippen molar-refractivity contribution in [2.75, 3.05) is 26.2 Å². The molecule has 0 aromatic rings. The SMILES string of the molecule is CC1CN(CC(=O)NCC(F)(F)F)CCC1N. The molecule has 1 saturated heterocycles. The second kappa shape index (κ2) is 5.68. The van der Waals surface area contributed by atoms with E-state index in [9.17, 15) is 18.0 Å². The van der Waals surface area contributed by atoms with Crippen LogP contribution < -0.4 is 11.1 Å². The van der Waals surface area contributed by atoms with E-state index in [-0.39, 0.29) is 18.5 Å². The van der Waals surface area contributed by atoms with Crippen molar-refractivity contribution in [1.29, 1.82) is 0 Å². The summed E-state index contributed by atoms with van der Waals surface area (Å²) in [5.41, 5.74) is 5.81. The predicted octanol–water partition coefficient (Wildman–Crippen LogP) is 0.334. The van der Waals surface area contributed by atoms with Crippen LogP contribution in [0.3, 0.4) is 0 Å². The van der Waals surface area contributed by atoms with Crippen molar-refractivity contribution >= 4 is 5.91 Å². The molecule has 1 heterocycles. The van der Waals surface area contributed by atoms with Gasteiger partial charge in [-0.3, -0.25) is 9.69 Å². The Labute approximate surface area is 98.3 Å². The van der Waals surface area contributed by atoms with Crippen molar-refractivity contribution in [3.63, 3.8) is 0 Å². The molecule has 0 aliphatic carbocycles. The van der Waals surface area contributed by atoms with Crippen LogP contribution in [0.25, 0.3) is 0 Å². The van der Waals surface area contributed by atoms with Gasteiger partial charge in [0.2, 0.25) is 5.91 Å². The molecule has 0 saturated carbocycles. The van der Waals surface area contributed by atoms with Crippen LogP contribution in [0.1, 0.15) is 13.3 Å². The minimum atomic E-state index is -4.35. The van der Waals surface area contributed by atoms with E-state index in [0.717, 1.165) is 6.42 Å². The number of nitrogens with one attached hydrogen (secondary N) is 1. The Balaban J connectivity index is 2.27. The molecule has 3 N–H and O–H groups in total. The Kier molecular flexibility index (Phi) is 4.76. The third-order valence-electron chi connectivity index (χ3n) is 2.91. The van der Waals surface area contributed by atoms with E-state index in [4.69, 9.17) is 5.73 Å². The molecule has 0 aromatic carbocycles. The molecule has 7 heteroatoms. The molecule has 0 spiro atoms. The summed E-state index contributed by atoms with van der Waals surface area (Å²) in [6.45, 7) is 2.03. The van der Waals surface area contributed by atoms with Gasteiger partial charge in [-0.05, 0) is 12.3 Å². The number of nitrogens with zero attached hydrogens (tertiary/aromatic N) is 1. The zero-order valence-electron chi connectivity index (χ0n) is 9.76. The van der Waals surface area contributed by atoms with Crippen LogP contribution in [0.15, 0.2) is 0 Å². The van der Waals surface area contributed by atoms with E-state index in [1.54, 1.807) is 0 Å². The third-order valence-corrected chi connectivity index (χ3v) is 2.91. The lowest BCUT2D eigenvalue weighted by Crippen LogP contribution is -2.49. The monoisotopic (exact) mass is 253 g/mol. The molecule has 17 heavy (non-hydrogen) atoms. The van der Waals surface area contributed by atoms with Crippen LogP contribution in [0, 0.1) is 5.92 Å². The topological polar surface area (TPSA) is 58.4 Å². The smallest absolute Gasteiger partial charge is 0.346 e. The van der Waals surface area contributed by atoms with E-state index >= 15 is 0 Å². The summed E-state index contributed by atoms with van der Waals surface area (Å²) in [4.78, 5) is 13.1. The fraction of sp³-hybridized carbons (Fsp3) is 0.900. The van der Waals surface area contributed by atoms with E-state index < -0.39 is 18.6 Å². The second-order valence-electron chi connectivity index (χ2n) is 4.56. The van der Waals surface area contributed by atoms with Gasteiger partial charge in [0.25, 0.3) is 0 Å². The van der Waals surface area contributed by atoms with Crippen molar-refractivity contribution in [2.45, 2.75) is 25.6 Å². The van der Waals surface area contributed by atoms with Gasteiger partial charge in [0, 0.05) is 19.1 Å². The maximum atomic E-state index is 11.9. The van der Waals surface area contributed by atoms with E-state index in [2.05, 4.69) is 0 Å². The van der Waals surface area contributed by atoms with Gasteiger partial charge in [0.15, 0.2) is 0 Å². The number of piperidine rings is 1. The largest absolute Gasteiger partial charge is 0.405 e. The Hall–Kier alpha value is -0.820. The van der Waals surface area contributed by atoms with Gasteiger partial charge in [-0.2, -0.15) is 13.2 Å². The van der Waals surface area contributed by atoms with Gasteiger partial charge in [0.05, 0.1) is 6.54 Å². The zero-order valence-corrected chi connectivity index (χ0v) is 9.76. The Morgan fingerprint density at radius 3 is 2.71 bits per heavy atom. The van der Waals surface area contributed by atoms with Gasteiger partial charge >= 0.3 is 6.18 Å². The van der Waals surface area contributed by atoms with E-state index in [0.29, 0.717) is 13.1 Å². The highest BCUT2D eigenvalue weighted by molar-refractivity contribution is 5.78. The van der Waals surface area contributed by atoms with Crippen LogP contribution in [0.2, 0.25) is 0 Å². The first kappa shape index (κ1) is 14.2. The molecule has 1 amide bonds. The van der Waals surface area contributed by atoms with Gasteiger partial charge in [-0.15, -0.1) is 0 Å². The van der Waals surface area contributed by atoms with Gasteiger partial charge in [-0.25, -0.2) is 0 Å². The minimum absolute atomic E-state index is 0.00708. The molecular weight excluding hydrogens is 235 g/mol. The van der Waals surface area contributed by atoms with Gasteiger partial charge < -0.3 is 11.1 Å². The number of hydrogen-bond donors (Lipinski definition) is 2. The Morgan fingerprint density at radius 1 is 1.53 bits per heavy atom. The summed E-state index contributed by atoms with van der Waals surface area (Å²) < 4.78 is 35.6. The normalized spacial score (nSPS) is 26.9. The molecule has 0 radical (unpaired) electrons. The number of amides is 1. The lowest BCUT2D eigenvalue weighted by Gasteiger charge is -2.34. The Morgan fingerprint density at radius 2 is 2.18 bits per heavy atom. The molecule has 0 aromatic heterocycles. The van der Waals surface area contributed by atoms with Crippen LogP contribution in [-0.2, 0) is 4.79 Å². The average Bonchev–Trinajstić information content (AvgIpc) is 2.20. The zero-order chi connectivity index (χ0) is 13.1. The number of carbonyl (C=O) groups is 1. The summed E-state index contributed by atoms with van der Waals surface area (Å²) in [6.07, 6.45) is -3.58. The fourth-order valence-electron chi connectivity index (χ4n) is 1.85. The van der Waals surface area contributed by atoms with Crippen molar-refractivity contribution in [3.8, 4) is 0 Å². The summed E-state index contributed by atoms with van der Waals surface area (Å²) in [5.74, 6) is -0.329. The maximum Gasteiger partial charge on any atom is 0.405 e. The van der Waals surface area contributed by atoms with Crippen LogP contribution in [-0.4, -0.2) is 49.2 Å². The third kappa shape index (κ3) is 5.36. The van der Waals surface area contributed by atoms with Crippen LogP contribution in [0.5, 0.6) is 0 Å². The number of nitrogens with two attached hydrogens (primary N) is 1. The standard InChI is InChI=1S/C10H18F3N3O/c1-7-4-16(3-2-8(7)14)5-9(17)15-6-10(11,12)13/h7-8H,2-6,14H2,1H3,(H,15,17). The number of hydrogen-bond acceptors (Lipinski definition) is 3. The highest BCUT2D eigenvalue weighted by Gasteiger charge is 2.29. The number of halogens is 3. The number of rotatable bonds is 3. The molecule has 2 atom stereocenters. The average molecular weight is 253 g/mol. The van der Waals surface area contributed by atoms with Crippen LogP contribution in [0.4, 0.5) is 13.2 Å². The first-order chi connectivity index (χ1) is 7.78. The molecule has 100 valence electrons. The maximum absolute atomic E-state index is 11.9. The van der Waals surface area contributed by atoms with Gasteiger partial charge in [0.1, 0.15) is 6.54 Å².